The van der Waals surface area contributed by atoms with Crippen molar-refractivity contribution in [2.75, 3.05) is 19.0 Å². The van der Waals surface area contributed by atoms with Gasteiger partial charge in [-0.2, -0.15) is 0 Å². The molecule has 0 fully saturated rings. The van der Waals surface area contributed by atoms with Crippen LogP contribution in [0.2, 0.25) is 0 Å². The summed E-state index contributed by atoms with van der Waals surface area (Å²) in [6.45, 7) is 0.00950. The molecule has 7 nitrogen and oxygen atoms in total. The van der Waals surface area contributed by atoms with Crippen molar-refractivity contribution < 1.29 is 14.5 Å². The highest BCUT2D eigenvalue weighted by Crippen LogP contribution is 2.29. The van der Waals surface area contributed by atoms with Crippen LogP contribution in [0.15, 0.2) is 78.9 Å². The van der Waals surface area contributed by atoms with Gasteiger partial charge in [-0.05, 0) is 29.7 Å². The number of ether oxygens (including phenoxy) is 1. The number of nitrogens with zero attached hydrogens (tertiary/aromatic N) is 1. The average Bonchev–Trinajstić information content (AvgIpc) is 2.78. The minimum atomic E-state index is -0.548. The van der Waals surface area contributed by atoms with Crippen molar-refractivity contribution in [2.45, 2.75) is 12.5 Å². The average molecular weight is 405 g/mol. The molecule has 0 spiro atoms. The van der Waals surface area contributed by atoms with Gasteiger partial charge in [0.15, 0.2) is 0 Å². The molecule has 2 N–H and O–H groups in total. The van der Waals surface area contributed by atoms with Gasteiger partial charge in [0.1, 0.15) is 11.4 Å². The first-order chi connectivity index (χ1) is 14.6. The van der Waals surface area contributed by atoms with E-state index in [1.165, 1.54) is 19.2 Å². The van der Waals surface area contributed by atoms with E-state index in [2.05, 4.69) is 10.6 Å². The van der Waals surface area contributed by atoms with E-state index in [0.29, 0.717) is 12.2 Å². The van der Waals surface area contributed by atoms with E-state index in [4.69, 9.17) is 4.74 Å². The number of methoxy groups -OCH3 is 1. The smallest absolute Gasteiger partial charge is 0.296 e. The predicted molar refractivity (Wildman–Crippen MR) is 116 cm³/mol. The van der Waals surface area contributed by atoms with Crippen molar-refractivity contribution in [3.8, 4) is 5.75 Å². The van der Waals surface area contributed by atoms with Gasteiger partial charge in [-0.3, -0.25) is 14.9 Å². The molecule has 1 amide bonds. The van der Waals surface area contributed by atoms with E-state index >= 15 is 0 Å². The Morgan fingerprint density at radius 1 is 1.03 bits per heavy atom. The van der Waals surface area contributed by atoms with Crippen LogP contribution in [0.3, 0.4) is 0 Å². The van der Waals surface area contributed by atoms with Gasteiger partial charge in [-0.1, -0.05) is 60.7 Å². The third-order valence-corrected chi connectivity index (χ3v) is 4.67. The standard InChI is InChI=1S/C23H23N3O4/c1-30-19-12-13-20(22(15-19)26(28)29)25-23(27)16-24-21(18-10-6-3-7-11-18)14-17-8-4-2-5-9-17/h2-13,15,21,24H,14,16H2,1H3,(H,25,27). The summed E-state index contributed by atoms with van der Waals surface area (Å²) < 4.78 is 5.02. The molecule has 30 heavy (non-hydrogen) atoms. The number of carbonyl (C=O) groups is 1. The van der Waals surface area contributed by atoms with Gasteiger partial charge in [0, 0.05) is 6.04 Å². The molecule has 1 unspecified atom stereocenters. The number of anilines is 1. The number of nitrogens with one attached hydrogen (secondary N) is 2. The first-order valence-corrected chi connectivity index (χ1v) is 9.51. The summed E-state index contributed by atoms with van der Waals surface area (Å²) in [4.78, 5) is 23.3. The van der Waals surface area contributed by atoms with Crippen LogP contribution in [0.5, 0.6) is 5.75 Å². The fourth-order valence-electron chi connectivity index (χ4n) is 3.15. The van der Waals surface area contributed by atoms with E-state index in [9.17, 15) is 14.9 Å². The highest BCUT2D eigenvalue weighted by Gasteiger charge is 2.18. The van der Waals surface area contributed by atoms with Crippen molar-refractivity contribution in [1.29, 1.82) is 0 Å². The molecule has 0 aliphatic rings. The maximum Gasteiger partial charge on any atom is 0.296 e. The molecule has 0 saturated carbocycles. The maximum absolute atomic E-state index is 12.5. The van der Waals surface area contributed by atoms with Gasteiger partial charge >= 0.3 is 0 Å². The van der Waals surface area contributed by atoms with Crippen molar-refractivity contribution in [3.05, 3.63) is 100 Å². The van der Waals surface area contributed by atoms with E-state index < -0.39 is 4.92 Å². The lowest BCUT2D eigenvalue weighted by Crippen LogP contribution is -2.32. The Kier molecular flexibility index (Phi) is 7.13. The topological polar surface area (TPSA) is 93.5 Å². The number of amides is 1. The number of hydrogen-bond acceptors (Lipinski definition) is 5. The molecular formula is C23H23N3O4. The second kappa shape index (κ2) is 10.2. The fraction of sp³-hybridized carbons (Fsp3) is 0.174. The maximum atomic E-state index is 12.5. The molecule has 0 aliphatic heterocycles. The summed E-state index contributed by atoms with van der Waals surface area (Å²) in [5.41, 5.74) is 2.12. The Morgan fingerprint density at radius 2 is 1.70 bits per heavy atom. The molecule has 0 heterocycles. The summed E-state index contributed by atoms with van der Waals surface area (Å²) in [5.74, 6) is -0.0120. The third kappa shape index (κ3) is 5.65. The molecule has 3 rings (SSSR count). The fourth-order valence-corrected chi connectivity index (χ4v) is 3.15. The van der Waals surface area contributed by atoms with Gasteiger partial charge in [0.05, 0.1) is 24.6 Å². The summed E-state index contributed by atoms with van der Waals surface area (Å²) in [7, 11) is 1.43. The zero-order chi connectivity index (χ0) is 21.3. The number of hydrogen-bond donors (Lipinski definition) is 2. The summed E-state index contributed by atoms with van der Waals surface area (Å²) >= 11 is 0. The second-order valence-corrected chi connectivity index (χ2v) is 6.72. The van der Waals surface area contributed by atoms with Gasteiger partial charge in [0.25, 0.3) is 5.69 Å². The first kappa shape index (κ1) is 21.0. The largest absolute Gasteiger partial charge is 0.496 e. The Hall–Kier alpha value is -3.71. The van der Waals surface area contributed by atoms with Gasteiger partial charge in [0.2, 0.25) is 5.91 Å². The number of rotatable bonds is 9. The van der Waals surface area contributed by atoms with Crippen molar-refractivity contribution in [2.24, 2.45) is 0 Å². The zero-order valence-corrected chi connectivity index (χ0v) is 16.6. The van der Waals surface area contributed by atoms with E-state index in [-0.39, 0.29) is 29.9 Å². The van der Waals surface area contributed by atoms with Crippen molar-refractivity contribution >= 4 is 17.3 Å². The first-order valence-electron chi connectivity index (χ1n) is 9.51. The van der Waals surface area contributed by atoms with E-state index in [0.717, 1.165) is 11.1 Å². The summed E-state index contributed by atoms with van der Waals surface area (Å²) in [5, 5.41) is 17.2. The minimum absolute atomic E-state index is 0.00950. The van der Waals surface area contributed by atoms with E-state index in [1.807, 2.05) is 60.7 Å². The molecule has 0 radical (unpaired) electrons. The van der Waals surface area contributed by atoms with Crippen LogP contribution in [-0.4, -0.2) is 24.5 Å². The lowest BCUT2D eigenvalue weighted by molar-refractivity contribution is -0.384. The van der Waals surface area contributed by atoms with Crippen LogP contribution in [0.4, 0.5) is 11.4 Å². The van der Waals surface area contributed by atoms with Crippen LogP contribution in [-0.2, 0) is 11.2 Å². The molecule has 0 aromatic heterocycles. The highest BCUT2D eigenvalue weighted by atomic mass is 16.6. The highest BCUT2D eigenvalue weighted by molar-refractivity contribution is 5.94. The van der Waals surface area contributed by atoms with Crippen LogP contribution < -0.4 is 15.4 Å². The molecule has 1 atom stereocenters. The van der Waals surface area contributed by atoms with Crippen molar-refractivity contribution in [3.63, 3.8) is 0 Å². The van der Waals surface area contributed by atoms with Crippen LogP contribution in [0, 0.1) is 10.1 Å². The molecule has 0 saturated heterocycles. The summed E-state index contributed by atoms with van der Waals surface area (Å²) in [6, 6.07) is 24.1. The normalized spacial score (nSPS) is 11.5. The van der Waals surface area contributed by atoms with Crippen LogP contribution in [0.25, 0.3) is 0 Å². The van der Waals surface area contributed by atoms with Gasteiger partial charge in [-0.25, -0.2) is 0 Å². The third-order valence-electron chi connectivity index (χ3n) is 4.67. The lowest BCUT2D eigenvalue weighted by Gasteiger charge is -2.19. The second-order valence-electron chi connectivity index (χ2n) is 6.72. The number of nitro groups is 1. The quantitative estimate of drug-likeness (QED) is 0.413. The molecule has 154 valence electrons. The van der Waals surface area contributed by atoms with E-state index in [1.54, 1.807) is 6.07 Å². The van der Waals surface area contributed by atoms with Crippen LogP contribution >= 0.6 is 0 Å². The predicted octanol–water partition coefficient (Wildman–Crippen LogP) is 4.12. The lowest BCUT2D eigenvalue weighted by atomic mass is 9.99. The van der Waals surface area contributed by atoms with Gasteiger partial charge in [-0.15, -0.1) is 0 Å². The van der Waals surface area contributed by atoms with Gasteiger partial charge < -0.3 is 15.4 Å². The zero-order valence-electron chi connectivity index (χ0n) is 16.6. The molecule has 7 heteroatoms. The van der Waals surface area contributed by atoms with Crippen molar-refractivity contribution in [1.82, 2.24) is 5.32 Å². The minimum Gasteiger partial charge on any atom is -0.496 e. The molecule has 3 aromatic carbocycles. The monoisotopic (exact) mass is 405 g/mol. The Morgan fingerprint density at radius 3 is 2.33 bits per heavy atom. The number of nitro benzene ring substituents is 1. The molecule has 0 aliphatic carbocycles. The Labute approximate surface area is 174 Å². The molecular weight excluding hydrogens is 382 g/mol. The molecule has 3 aromatic rings. The number of carbonyl (C=O) groups excluding carboxylic acids is 1. The SMILES string of the molecule is COc1ccc(NC(=O)CNC(Cc2ccccc2)c2ccccc2)c([N+](=O)[O-])c1. The Balaban J connectivity index is 1.69. The van der Waals surface area contributed by atoms with Crippen LogP contribution in [0.1, 0.15) is 17.2 Å². The molecule has 0 bridgehead atoms. The number of benzene rings is 3. The Bertz CT molecular complexity index is 994. The summed E-state index contributed by atoms with van der Waals surface area (Å²) in [6.07, 6.45) is 0.709.